The third kappa shape index (κ3) is 3.88. The Morgan fingerprint density at radius 3 is 2.08 bits per heavy atom. The molecule has 1 amide bonds. The molecule has 26 heavy (non-hydrogen) atoms. The Morgan fingerprint density at radius 2 is 1.50 bits per heavy atom. The van der Waals surface area contributed by atoms with Crippen molar-refractivity contribution in [2.45, 2.75) is 43.4 Å². The third-order valence-corrected chi connectivity index (χ3v) is 7.13. The lowest BCUT2D eigenvalue weighted by molar-refractivity contribution is 0.0762. The maximum absolute atomic E-state index is 13.3. The van der Waals surface area contributed by atoms with Gasteiger partial charge in [0.25, 0.3) is 5.91 Å². The lowest BCUT2D eigenvalue weighted by Crippen LogP contribution is -2.34. The van der Waals surface area contributed by atoms with E-state index in [0.29, 0.717) is 5.56 Å². The number of anilines is 1. The highest BCUT2D eigenvalue weighted by molar-refractivity contribution is 7.89. The van der Waals surface area contributed by atoms with Gasteiger partial charge in [-0.3, -0.25) is 4.79 Å². The molecule has 0 aliphatic carbocycles. The zero-order valence-electron chi connectivity index (χ0n) is 15.8. The second kappa shape index (κ2) is 7.96. The lowest BCUT2D eigenvalue weighted by atomic mass is 10.1. The number of hydrogen-bond acceptors (Lipinski definition) is 4. The van der Waals surface area contributed by atoms with Crippen molar-refractivity contribution in [1.82, 2.24) is 9.21 Å². The van der Waals surface area contributed by atoms with Crippen LogP contribution in [0.1, 0.15) is 48.9 Å². The highest BCUT2D eigenvalue weighted by atomic mass is 32.2. The lowest BCUT2D eigenvalue weighted by Gasteiger charge is -2.26. The average molecular weight is 380 g/mol. The fraction of sp³-hybridized carbons (Fsp3) is 0.632. The smallest absolute Gasteiger partial charge is 0.256 e. The van der Waals surface area contributed by atoms with Crippen molar-refractivity contribution < 1.29 is 13.2 Å². The summed E-state index contributed by atoms with van der Waals surface area (Å²) in [4.78, 5) is 17.6. The van der Waals surface area contributed by atoms with Gasteiger partial charge in [0.1, 0.15) is 0 Å². The largest absolute Gasteiger partial charge is 0.371 e. The molecule has 7 heteroatoms. The van der Waals surface area contributed by atoms with E-state index >= 15 is 0 Å². The summed E-state index contributed by atoms with van der Waals surface area (Å²) in [6, 6.07) is 5.02. The number of likely N-dealkylation sites (tertiary alicyclic amines) is 1. The number of benzene rings is 1. The Morgan fingerprint density at radius 1 is 0.923 bits per heavy atom. The summed E-state index contributed by atoms with van der Waals surface area (Å²) in [7, 11) is -0.539. The molecule has 2 saturated heterocycles. The minimum Gasteiger partial charge on any atom is -0.371 e. The standard InChI is InChI=1S/C19H29N3O3S/c1-20(2)26(24,25)16-9-10-18(21-11-7-8-12-21)17(15-16)19(23)22-13-5-3-4-6-14-22/h9-10,15H,3-8,11-14H2,1-2H3. The maximum Gasteiger partial charge on any atom is 0.256 e. The van der Waals surface area contributed by atoms with Crippen LogP contribution in [0, 0.1) is 0 Å². The molecule has 3 rings (SSSR count). The summed E-state index contributed by atoms with van der Waals surface area (Å²) in [6.07, 6.45) is 6.54. The predicted octanol–water partition coefficient (Wildman–Crippen LogP) is 2.55. The summed E-state index contributed by atoms with van der Waals surface area (Å²) in [5.41, 5.74) is 1.39. The zero-order chi connectivity index (χ0) is 18.7. The number of amides is 1. The van der Waals surface area contributed by atoms with E-state index in [1.54, 1.807) is 12.1 Å². The van der Waals surface area contributed by atoms with E-state index in [0.717, 1.165) is 70.4 Å². The predicted molar refractivity (Wildman–Crippen MR) is 103 cm³/mol. The molecular weight excluding hydrogens is 350 g/mol. The van der Waals surface area contributed by atoms with Crippen molar-refractivity contribution >= 4 is 21.6 Å². The number of carbonyl (C=O) groups excluding carboxylic acids is 1. The molecular formula is C19H29N3O3S. The van der Waals surface area contributed by atoms with Gasteiger partial charge in [0.15, 0.2) is 0 Å². The van der Waals surface area contributed by atoms with Gasteiger partial charge in [-0.2, -0.15) is 0 Å². The Labute approximate surface area is 156 Å². The van der Waals surface area contributed by atoms with Crippen LogP contribution in [-0.4, -0.2) is 63.8 Å². The van der Waals surface area contributed by atoms with Crippen LogP contribution in [0.3, 0.4) is 0 Å². The summed E-state index contributed by atoms with van der Waals surface area (Å²) in [5, 5.41) is 0. The van der Waals surface area contributed by atoms with E-state index in [4.69, 9.17) is 0 Å². The van der Waals surface area contributed by atoms with E-state index in [9.17, 15) is 13.2 Å². The molecule has 2 fully saturated rings. The van der Waals surface area contributed by atoms with Gasteiger partial charge in [-0.05, 0) is 43.9 Å². The molecule has 0 radical (unpaired) electrons. The molecule has 0 N–H and O–H groups in total. The van der Waals surface area contributed by atoms with E-state index in [2.05, 4.69) is 4.90 Å². The van der Waals surface area contributed by atoms with Crippen molar-refractivity contribution in [3.05, 3.63) is 23.8 Å². The zero-order valence-corrected chi connectivity index (χ0v) is 16.6. The number of hydrogen-bond donors (Lipinski definition) is 0. The second-order valence-corrected chi connectivity index (χ2v) is 9.52. The number of nitrogens with zero attached hydrogens (tertiary/aromatic N) is 3. The Kier molecular flexibility index (Phi) is 5.87. The topological polar surface area (TPSA) is 60.9 Å². The van der Waals surface area contributed by atoms with Gasteiger partial charge in [0.2, 0.25) is 10.0 Å². The summed E-state index contributed by atoms with van der Waals surface area (Å²) in [6.45, 7) is 3.34. The normalized spacial score (nSPS) is 19.0. The summed E-state index contributed by atoms with van der Waals surface area (Å²) in [5.74, 6) is -0.0374. The molecule has 0 atom stereocenters. The first-order valence-electron chi connectivity index (χ1n) is 9.52. The number of sulfonamides is 1. The van der Waals surface area contributed by atoms with Crippen molar-refractivity contribution in [2.24, 2.45) is 0 Å². The van der Waals surface area contributed by atoms with Gasteiger partial charge in [0.05, 0.1) is 10.5 Å². The summed E-state index contributed by atoms with van der Waals surface area (Å²) < 4.78 is 26.3. The molecule has 1 aromatic rings. The van der Waals surface area contributed by atoms with Gasteiger partial charge >= 0.3 is 0 Å². The minimum absolute atomic E-state index is 0.0374. The van der Waals surface area contributed by atoms with Crippen molar-refractivity contribution in [1.29, 1.82) is 0 Å². The van der Waals surface area contributed by atoms with Crippen LogP contribution in [0.2, 0.25) is 0 Å². The first kappa shape index (κ1) is 19.2. The minimum atomic E-state index is -3.57. The van der Waals surface area contributed by atoms with Crippen molar-refractivity contribution in [3.63, 3.8) is 0 Å². The number of carbonyl (C=O) groups is 1. The Hall–Kier alpha value is -1.60. The van der Waals surface area contributed by atoms with Gasteiger partial charge < -0.3 is 9.80 Å². The molecule has 0 spiro atoms. The molecule has 1 aromatic carbocycles. The highest BCUT2D eigenvalue weighted by Gasteiger charge is 2.27. The van der Waals surface area contributed by atoms with Crippen LogP contribution in [0.4, 0.5) is 5.69 Å². The second-order valence-electron chi connectivity index (χ2n) is 7.37. The molecule has 2 aliphatic rings. The van der Waals surface area contributed by atoms with Crippen molar-refractivity contribution in [2.75, 3.05) is 45.2 Å². The van der Waals surface area contributed by atoms with Crippen molar-refractivity contribution in [3.8, 4) is 0 Å². The van der Waals surface area contributed by atoms with Crippen LogP contribution in [0.5, 0.6) is 0 Å². The molecule has 2 aliphatic heterocycles. The average Bonchev–Trinajstić information content (AvgIpc) is 3.02. The first-order chi connectivity index (χ1) is 12.4. The Balaban J connectivity index is 2.01. The molecule has 144 valence electrons. The fourth-order valence-corrected chi connectivity index (χ4v) is 4.66. The molecule has 6 nitrogen and oxygen atoms in total. The maximum atomic E-state index is 13.3. The van der Waals surface area contributed by atoms with E-state index in [1.807, 2.05) is 11.0 Å². The van der Waals surface area contributed by atoms with E-state index in [-0.39, 0.29) is 10.8 Å². The molecule has 0 bridgehead atoms. The van der Waals surface area contributed by atoms with E-state index < -0.39 is 10.0 Å². The highest BCUT2D eigenvalue weighted by Crippen LogP contribution is 2.29. The fourth-order valence-electron chi connectivity index (χ4n) is 3.74. The molecule has 0 unspecified atom stereocenters. The SMILES string of the molecule is CN(C)S(=O)(=O)c1ccc(N2CCCC2)c(C(=O)N2CCCCCC2)c1. The van der Waals surface area contributed by atoms with Gasteiger partial charge in [0, 0.05) is 46.0 Å². The van der Waals surface area contributed by atoms with Crippen LogP contribution < -0.4 is 4.90 Å². The third-order valence-electron chi connectivity index (χ3n) is 5.32. The van der Waals surface area contributed by atoms with Gasteiger partial charge in [-0.15, -0.1) is 0 Å². The quantitative estimate of drug-likeness (QED) is 0.807. The summed E-state index contributed by atoms with van der Waals surface area (Å²) >= 11 is 0. The first-order valence-corrected chi connectivity index (χ1v) is 11.0. The monoisotopic (exact) mass is 379 g/mol. The number of rotatable bonds is 4. The molecule has 0 aromatic heterocycles. The molecule has 2 heterocycles. The molecule has 0 saturated carbocycles. The van der Waals surface area contributed by atoms with Crippen LogP contribution in [0.15, 0.2) is 23.1 Å². The van der Waals surface area contributed by atoms with Gasteiger partial charge in [-0.25, -0.2) is 12.7 Å². The van der Waals surface area contributed by atoms with Crippen LogP contribution in [-0.2, 0) is 10.0 Å². The van der Waals surface area contributed by atoms with E-state index in [1.165, 1.54) is 18.4 Å². The van der Waals surface area contributed by atoms with Gasteiger partial charge in [-0.1, -0.05) is 12.8 Å². The Bertz CT molecular complexity index is 747. The van der Waals surface area contributed by atoms with Crippen LogP contribution in [0.25, 0.3) is 0 Å². The van der Waals surface area contributed by atoms with Crippen LogP contribution >= 0.6 is 0 Å².